The number of piperazine rings is 1. The van der Waals surface area contributed by atoms with E-state index in [2.05, 4.69) is 12.2 Å². The number of thioether (sulfide) groups is 1. The van der Waals surface area contributed by atoms with E-state index in [0.717, 1.165) is 37.3 Å². The molecule has 17 heavy (non-hydrogen) atoms. The fourth-order valence-electron chi connectivity index (χ4n) is 2.29. The zero-order chi connectivity index (χ0) is 12.3. The van der Waals surface area contributed by atoms with Crippen LogP contribution >= 0.6 is 11.8 Å². The molecule has 0 radical (unpaired) electrons. The summed E-state index contributed by atoms with van der Waals surface area (Å²) in [5.41, 5.74) is 0. The van der Waals surface area contributed by atoms with Gasteiger partial charge in [-0.1, -0.05) is 6.92 Å². The lowest BCUT2D eigenvalue weighted by Gasteiger charge is -2.35. The maximum absolute atomic E-state index is 11.9. The molecule has 1 atom stereocenters. The number of carbonyl (C=O) groups is 2. The molecule has 1 saturated carbocycles. The van der Waals surface area contributed by atoms with Crippen LogP contribution in [-0.2, 0) is 9.59 Å². The topological polar surface area (TPSA) is 49.4 Å². The molecule has 1 heterocycles. The summed E-state index contributed by atoms with van der Waals surface area (Å²) in [7, 11) is 0. The molecule has 0 aromatic heterocycles. The van der Waals surface area contributed by atoms with E-state index in [-0.39, 0.29) is 24.4 Å². The Morgan fingerprint density at radius 3 is 2.82 bits per heavy atom. The van der Waals surface area contributed by atoms with E-state index in [1.165, 1.54) is 0 Å². The summed E-state index contributed by atoms with van der Waals surface area (Å²) in [4.78, 5) is 25.5. The van der Waals surface area contributed by atoms with Crippen LogP contribution in [0, 0.1) is 5.92 Å². The molecule has 0 spiro atoms. The van der Waals surface area contributed by atoms with Gasteiger partial charge >= 0.3 is 0 Å². The first-order chi connectivity index (χ1) is 8.24. The Morgan fingerprint density at radius 2 is 2.18 bits per heavy atom. The third kappa shape index (κ3) is 3.15. The smallest absolute Gasteiger partial charge is 0.243 e. The highest BCUT2D eigenvalue weighted by Crippen LogP contribution is 2.36. The van der Waals surface area contributed by atoms with Crippen LogP contribution in [-0.4, -0.2) is 47.4 Å². The van der Waals surface area contributed by atoms with Crippen molar-refractivity contribution in [3.63, 3.8) is 0 Å². The van der Waals surface area contributed by atoms with Gasteiger partial charge in [-0.25, -0.2) is 0 Å². The van der Waals surface area contributed by atoms with Crippen molar-refractivity contribution in [2.45, 2.75) is 32.2 Å². The van der Waals surface area contributed by atoms with E-state index in [4.69, 9.17) is 0 Å². The number of nitrogens with one attached hydrogen (secondary N) is 1. The molecule has 1 N–H and O–H groups in total. The third-order valence-corrected chi connectivity index (χ3v) is 4.28. The van der Waals surface area contributed by atoms with Crippen molar-refractivity contribution in [3.05, 3.63) is 0 Å². The van der Waals surface area contributed by atoms with Crippen molar-refractivity contribution < 1.29 is 9.59 Å². The first-order valence-electron chi connectivity index (χ1n) is 6.39. The molecule has 2 amide bonds. The van der Waals surface area contributed by atoms with Gasteiger partial charge in [-0.3, -0.25) is 9.59 Å². The van der Waals surface area contributed by atoms with Crippen LogP contribution in [0.15, 0.2) is 0 Å². The highest BCUT2D eigenvalue weighted by Gasteiger charge is 2.44. The molecule has 96 valence electrons. The van der Waals surface area contributed by atoms with Gasteiger partial charge in [0.25, 0.3) is 0 Å². The van der Waals surface area contributed by atoms with Gasteiger partial charge in [-0.15, -0.1) is 0 Å². The lowest BCUT2D eigenvalue weighted by atomic mass is 10.1. The monoisotopic (exact) mass is 256 g/mol. The van der Waals surface area contributed by atoms with Crippen LogP contribution in [0.3, 0.4) is 0 Å². The molecule has 0 aromatic rings. The van der Waals surface area contributed by atoms with E-state index < -0.39 is 0 Å². The van der Waals surface area contributed by atoms with Gasteiger partial charge in [0.2, 0.25) is 11.8 Å². The maximum atomic E-state index is 11.9. The number of hydrogen-bond acceptors (Lipinski definition) is 3. The first-order valence-corrected chi connectivity index (χ1v) is 7.54. The van der Waals surface area contributed by atoms with E-state index in [0.29, 0.717) is 5.92 Å². The van der Waals surface area contributed by atoms with Crippen molar-refractivity contribution in [1.29, 1.82) is 0 Å². The Balaban J connectivity index is 1.89. The lowest BCUT2D eigenvalue weighted by molar-refractivity contribution is -0.146. The van der Waals surface area contributed by atoms with Crippen LogP contribution in [0.5, 0.6) is 0 Å². The van der Waals surface area contributed by atoms with E-state index in [9.17, 15) is 9.59 Å². The second-order valence-corrected chi connectivity index (χ2v) is 6.03. The summed E-state index contributed by atoms with van der Waals surface area (Å²) in [6.45, 7) is 3.06. The van der Waals surface area contributed by atoms with Gasteiger partial charge in [-0.2, -0.15) is 11.8 Å². The predicted molar refractivity (Wildman–Crippen MR) is 68.9 cm³/mol. The molecule has 0 aromatic carbocycles. The molecule has 1 aliphatic heterocycles. The molecule has 1 unspecified atom stereocenters. The number of nitrogens with zero attached hydrogens (tertiary/aromatic N) is 1. The fourth-order valence-corrected chi connectivity index (χ4v) is 2.91. The molecule has 0 bridgehead atoms. The van der Waals surface area contributed by atoms with Gasteiger partial charge in [0.05, 0.1) is 6.54 Å². The average molecular weight is 256 g/mol. The number of amides is 2. The van der Waals surface area contributed by atoms with E-state index in [1.807, 2.05) is 16.7 Å². The van der Waals surface area contributed by atoms with Gasteiger partial charge in [0, 0.05) is 6.54 Å². The van der Waals surface area contributed by atoms with Crippen molar-refractivity contribution in [2.24, 2.45) is 5.92 Å². The lowest BCUT2D eigenvalue weighted by Crippen LogP contribution is -2.59. The average Bonchev–Trinajstić information content (AvgIpc) is 3.13. The zero-order valence-corrected chi connectivity index (χ0v) is 11.1. The molecular weight excluding hydrogens is 236 g/mol. The molecule has 5 heteroatoms. The summed E-state index contributed by atoms with van der Waals surface area (Å²) >= 11 is 1.89. The van der Waals surface area contributed by atoms with Crippen molar-refractivity contribution in [3.8, 4) is 0 Å². The molecule has 2 aliphatic rings. The Labute approximate surface area is 106 Å². The Bertz CT molecular complexity index is 305. The summed E-state index contributed by atoms with van der Waals surface area (Å²) in [5.74, 6) is 2.73. The summed E-state index contributed by atoms with van der Waals surface area (Å²) < 4.78 is 0. The van der Waals surface area contributed by atoms with Crippen LogP contribution < -0.4 is 5.32 Å². The molecule has 1 saturated heterocycles. The van der Waals surface area contributed by atoms with Crippen molar-refractivity contribution >= 4 is 23.6 Å². The van der Waals surface area contributed by atoms with Gasteiger partial charge in [-0.05, 0) is 36.7 Å². The minimum absolute atomic E-state index is 0.0512. The van der Waals surface area contributed by atoms with E-state index in [1.54, 1.807) is 0 Å². The third-order valence-electron chi connectivity index (χ3n) is 3.30. The quantitative estimate of drug-likeness (QED) is 0.717. The van der Waals surface area contributed by atoms with Gasteiger partial charge < -0.3 is 10.2 Å². The van der Waals surface area contributed by atoms with Crippen molar-refractivity contribution in [2.75, 3.05) is 24.6 Å². The van der Waals surface area contributed by atoms with Gasteiger partial charge in [0.1, 0.15) is 6.04 Å². The largest absolute Gasteiger partial charge is 0.345 e. The summed E-state index contributed by atoms with van der Waals surface area (Å²) in [6.07, 6.45) is 3.16. The second-order valence-electron chi connectivity index (χ2n) is 4.64. The summed E-state index contributed by atoms with van der Waals surface area (Å²) in [6, 6.07) is -0.178. The number of hydrogen-bond donors (Lipinski definition) is 1. The maximum Gasteiger partial charge on any atom is 0.243 e. The highest BCUT2D eigenvalue weighted by molar-refractivity contribution is 7.99. The number of rotatable bonds is 6. The van der Waals surface area contributed by atoms with Crippen LogP contribution in [0.4, 0.5) is 0 Å². The standard InChI is InChI=1S/C12H20N2O2S/c1-2-17-7-3-6-14-10(15)8-13-12(16)11(14)9-4-5-9/h9,11H,2-8H2,1H3,(H,13,16). The Kier molecular flexibility index (Phi) is 4.31. The highest BCUT2D eigenvalue weighted by atomic mass is 32.2. The van der Waals surface area contributed by atoms with E-state index >= 15 is 0 Å². The molecule has 4 nitrogen and oxygen atoms in total. The molecule has 2 rings (SSSR count). The molecular formula is C12H20N2O2S. The minimum Gasteiger partial charge on any atom is -0.345 e. The van der Waals surface area contributed by atoms with Crippen LogP contribution in [0.25, 0.3) is 0 Å². The predicted octanol–water partition coefficient (Wildman–Crippen LogP) is 0.867. The molecule has 2 fully saturated rings. The van der Waals surface area contributed by atoms with Crippen LogP contribution in [0.2, 0.25) is 0 Å². The zero-order valence-electron chi connectivity index (χ0n) is 10.3. The SMILES string of the molecule is CCSCCCN1C(=O)CNC(=O)C1C1CC1. The first kappa shape index (κ1) is 12.7. The minimum atomic E-state index is -0.178. The Hall–Kier alpha value is -0.710. The number of carbonyl (C=O) groups excluding carboxylic acids is 2. The fraction of sp³-hybridized carbons (Fsp3) is 0.833. The van der Waals surface area contributed by atoms with Gasteiger partial charge in [0.15, 0.2) is 0 Å². The Morgan fingerprint density at radius 1 is 1.41 bits per heavy atom. The second kappa shape index (κ2) is 5.76. The van der Waals surface area contributed by atoms with Crippen LogP contribution in [0.1, 0.15) is 26.2 Å². The molecule has 1 aliphatic carbocycles. The summed E-state index contributed by atoms with van der Waals surface area (Å²) in [5, 5.41) is 2.70. The van der Waals surface area contributed by atoms with Crippen molar-refractivity contribution in [1.82, 2.24) is 10.2 Å². The normalized spacial score (nSPS) is 25.0.